The van der Waals surface area contributed by atoms with E-state index in [2.05, 4.69) is 30.6 Å². The van der Waals surface area contributed by atoms with Crippen LogP contribution in [0.2, 0.25) is 0 Å². The number of carboxylic acid groups (broad SMARTS) is 1. The van der Waals surface area contributed by atoms with Crippen LogP contribution < -0.4 is 0 Å². The number of alkyl halides is 2. The Morgan fingerprint density at radius 2 is 1.04 bits per heavy atom. The van der Waals surface area contributed by atoms with Crippen molar-refractivity contribution in [2.45, 2.75) is 238 Å². The molecule has 326 valence electrons. The van der Waals surface area contributed by atoms with Gasteiger partial charge in [0.1, 0.15) is 0 Å². The zero-order valence-electron chi connectivity index (χ0n) is 36.6. The van der Waals surface area contributed by atoms with E-state index < -0.39 is 18.3 Å². The number of amides is 1. The number of esters is 1. The minimum absolute atomic E-state index is 0.0743. The van der Waals surface area contributed by atoms with Gasteiger partial charge in [-0.1, -0.05) is 162 Å². The quantitative estimate of drug-likeness (QED) is 0.0490. The molecular weight excluding hydrogens is 699 g/mol. The molecule has 7 nitrogen and oxygen atoms in total. The average molecular weight is 787 g/mol. The van der Waals surface area contributed by atoms with E-state index in [9.17, 15) is 23.2 Å². The van der Waals surface area contributed by atoms with E-state index in [1.807, 2.05) is 14.1 Å². The van der Waals surface area contributed by atoms with Gasteiger partial charge in [0.2, 0.25) is 5.91 Å². The van der Waals surface area contributed by atoms with Gasteiger partial charge in [0, 0.05) is 31.8 Å². The van der Waals surface area contributed by atoms with Crippen molar-refractivity contribution in [3.63, 3.8) is 0 Å². The number of carbonyl (C=O) groups excluding carboxylic acids is 2. The fraction of sp³-hybridized carbons (Fsp3) is 0.935. The lowest BCUT2D eigenvalue weighted by Gasteiger charge is -2.33. The maximum atomic E-state index is 13.7. The lowest BCUT2D eigenvalue weighted by atomic mass is 9.92. The first-order chi connectivity index (χ1) is 26.5. The molecule has 0 aliphatic rings. The van der Waals surface area contributed by atoms with Crippen LogP contribution in [0.15, 0.2) is 0 Å². The van der Waals surface area contributed by atoms with Gasteiger partial charge in [0.05, 0.1) is 6.61 Å². The molecular formula is C46H88F2N2O5. The second-order valence-electron chi connectivity index (χ2n) is 16.8. The summed E-state index contributed by atoms with van der Waals surface area (Å²) in [4.78, 5) is 41.2. The minimum Gasteiger partial charge on any atom is -0.477 e. The predicted molar refractivity (Wildman–Crippen MR) is 226 cm³/mol. The van der Waals surface area contributed by atoms with E-state index in [0.717, 1.165) is 96.6 Å². The molecule has 1 unspecified atom stereocenters. The molecule has 0 bridgehead atoms. The van der Waals surface area contributed by atoms with E-state index in [1.165, 1.54) is 89.9 Å². The molecule has 1 amide bonds. The number of unbranched alkanes of at least 4 members (excludes halogenated alkanes) is 18. The SMILES string of the molecule is CCCCCCCCCCC(CCCCCCC(F)(F)C(=O)O)N(CCCCCCCC(=O)OCCC(CCCCC)CCCCC)C(=O)CCCN(C)C. The summed E-state index contributed by atoms with van der Waals surface area (Å²) in [5, 5.41) is 8.74. The maximum Gasteiger partial charge on any atom is 0.374 e. The highest BCUT2D eigenvalue weighted by atomic mass is 19.3. The average Bonchev–Trinajstić information content (AvgIpc) is 3.14. The largest absolute Gasteiger partial charge is 0.477 e. The standard InChI is InChI=1S/C46H88F2N2O5/c1-6-9-12-13-14-15-17-24-32-42(33-25-19-20-27-37-46(47,48)45(53)54)50(43(51)34-29-38-49(4)5)39-28-21-16-18-26-35-44(52)55-40-36-41(30-22-10-7-2)31-23-11-8-3/h41-42H,6-40H2,1-5H3,(H,53,54). The van der Waals surface area contributed by atoms with Gasteiger partial charge < -0.3 is 19.6 Å². The third-order valence-corrected chi connectivity index (χ3v) is 11.2. The van der Waals surface area contributed by atoms with Crippen LogP contribution >= 0.6 is 0 Å². The van der Waals surface area contributed by atoms with Crippen molar-refractivity contribution in [3.05, 3.63) is 0 Å². The second kappa shape index (κ2) is 36.6. The highest BCUT2D eigenvalue weighted by molar-refractivity contribution is 5.76. The van der Waals surface area contributed by atoms with Gasteiger partial charge >= 0.3 is 17.9 Å². The molecule has 55 heavy (non-hydrogen) atoms. The molecule has 1 atom stereocenters. The molecule has 0 fully saturated rings. The number of aliphatic carboxylic acids is 1. The normalized spacial score (nSPS) is 12.5. The summed E-state index contributed by atoms with van der Waals surface area (Å²) in [6.45, 7) is 8.86. The third-order valence-electron chi connectivity index (χ3n) is 11.2. The molecule has 0 aromatic rings. The van der Waals surface area contributed by atoms with Gasteiger partial charge in [-0.2, -0.15) is 8.78 Å². The Hall–Kier alpha value is -1.77. The summed E-state index contributed by atoms with van der Waals surface area (Å²) in [6.07, 6.45) is 31.0. The number of hydrogen-bond donors (Lipinski definition) is 1. The monoisotopic (exact) mass is 787 g/mol. The highest BCUT2D eigenvalue weighted by Gasteiger charge is 2.37. The smallest absolute Gasteiger partial charge is 0.374 e. The van der Waals surface area contributed by atoms with Crippen molar-refractivity contribution < 1.29 is 33.0 Å². The van der Waals surface area contributed by atoms with E-state index >= 15 is 0 Å². The Bertz CT molecular complexity index is 909. The van der Waals surface area contributed by atoms with E-state index in [0.29, 0.717) is 31.8 Å². The van der Waals surface area contributed by atoms with Gasteiger partial charge in [0.25, 0.3) is 0 Å². The van der Waals surface area contributed by atoms with Crippen LogP contribution in [-0.4, -0.2) is 78.5 Å². The Morgan fingerprint density at radius 3 is 1.58 bits per heavy atom. The van der Waals surface area contributed by atoms with E-state index in [-0.39, 0.29) is 24.3 Å². The van der Waals surface area contributed by atoms with Crippen molar-refractivity contribution in [3.8, 4) is 0 Å². The molecule has 0 heterocycles. The Labute approximate surface area is 337 Å². The Morgan fingerprint density at radius 1 is 0.564 bits per heavy atom. The first kappa shape index (κ1) is 53.2. The lowest BCUT2D eigenvalue weighted by Crippen LogP contribution is -2.41. The van der Waals surface area contributed by atoms with Crippen molar-refractivity contribution in [1.82, 2.24) is 9.80 Å². The van der Waals surface area contributed by atoms with Crippen molar-refractivity contribution in [1.29, 1.82) is 0 Å². The van der Waals surface area contributed by atoms with Crippen molar-refractivity contribution in [2.75, 3.05) is 33.8 Å². The summed E-state index contributed by atoms with van der Waals surface area (Å²) in [5.41, 5.74) is 0. The summed E-state index contributed by atoms with van der Waals surface area (Å²) in [5.74, 6) is -4.91. The maximum absolute atomic E-state index is 13.7. The van der Waals surface area contributed by atoms with Gasteiger partial charge in [-0.05, 0) is 71.5 Å². The predicted octanol–water partition coefficient (Wildman–Crippen LogP) is 13.2. The third kappa shape index (κ3) is 31.9. The van der Waals surface area contributed by atoms with Gasteiger partial charge in [-0.15, -0.1) is 0 Å². The zero-order chi connectivity index (χ0) is 41.0. The first-order valence-corrected chi connectivity index (χ1v) is 23.2. The number of nitrogens with zero attached hydrogens (tertiary/aromatic N) is 2. The fourth-order valence-electron chi connectivity index (χ4n) is 7.65. The summed E-state index contributed by atoms with van der Waals surface area (Å²) in [6, 6.07) is 0.139. The molecule has 0 aromatic carbocycles. The van der Waals surface area contributed by atoms with E-state index in [1.54, 1.807) is 0 Å². The van der Waals surface area contributed by atoms with E-state index in [4.69, 9.17) is 9.84 Å². The number of carboxylic acids is 1. The summed E-state index contributed by atoms with van der Waals surface area (Å²) >= 11 is 0. The lowest BCUT2D eigenvalue weighted by molar-refractivity contribution is -0.165. The van der Waals surface area contributed by atoms with Gasteiger partial charge in [-0.3, -0.25) is 9.59 Å². The molecule has 0 aliphatic heterocycles. The molecule has 0 radical (unpaired) electrons. The number of hydrogen-bond acceptors (Lipinski definition) is 5. The molecule has 1 N–H and O–H groups in total. The molecule has 0 spiro atoms. The van der Waals surface area contributed by atoms with Crippen LogP contribution in [-0.2, 0) is 19.1 Å². The Kier molecular flexibility index (Phi) is 35.4. The molecule has 0 aliphatic carbocycles. The molecule has 9 heteroatoms. The second-order valence-corrected chi connectivity index (χ2v) is 16.8. The van der Waals surface area contributed by atoms with Crippen LogP contribution in [0.5, 0.6) is 0 Å². The van der Waals surface area contributed by atoms with Gasteiger partial charge in [-0.25, -0.2) is 4.79 Å². The zero-order valence-corrected chi connectivity index (χ0v) is 36.6. The topological polar surface area (TPSA) is 87.1 Å². The number of carbonyl (C=O) groups is 3. The Balaban J connectivity index is 5.01. The van der Waals surface area contributed by atoms with Crippen LogP contribution in [0.1, 0.15) is 226 Å². The fourth-order valence-corrected chi connectivity index (χ4v) is 7.65. The van der Waals surface area contributed by atoms with Crippen LogP contribution in [0.4, 0.5) is 8.78 Å². The summed E-state index contributed by atoms with van der Waals surface area (Å²) < 4.78 is 32.8. The first-order valence-electron chi connectivity index (χ1n) is 23.2. The molecule has 0 saturated heterocycles. The van der Waals surface area contributed by atoms with Gasteiger partial charge in [0.15, 0.2) is 0 Å². The molecule has 0 aromatic heterocycles. The molecule has 0 saturated carbocycles. The summed E-state index contributed by atoms with van der Waals surface area (Å²) in [7, 11) is 4.06. The number of halogens is 2. The van der Waals surface area contributed by atoms with Crippen molar-refractivity contribution in [2.24, 2.45) is 5.92 Å². The van der Waals surface area contributed by atoms with Crippen LogP contribution in [0, 0.1) is 5.92 Å². The number of rotatable bonds is 41. The number of ether oxygens (including phenoxy) is 1. The molecule has 0 rings (SSSR count). The highest BCUT2D eigenvalue weighted by Crippen LogP contribution is 2.25. The van der Waals surface area contributed by atoms with Crippen molar-refractivity contribution >= 4 is 17.8 Å². The van der Waals surface area contributed by atoms with Crippen LogP contribution in [0.25, 0.3) is 0 Å². The van der Waals surface area contributed by atoms with Crippen LogP contribution in [0.3, 0.4) is 0 Å². The minimum atomic E-state index is -3.66.